The molecule has 5 nitrogen and oxygen atoms in total. The summed E-state index contributed by atoms with van der Waals surface area (Å²) in [7, 11) is -6.67. The maximum Gasteiger partial charge on any atom is 0.214 e. The Bertz CT molecular complexity index is 428. The number of rotatable bonds is 3. The van der Waals surface area contributed by atoms with E-state index in [1.54, 1.807) is 0 Å². The Kier molecular flexibility index (Phi) is 3.70. The van der Waals surface area contributed by atoms with Crippen molar-refractivity contribution in [3.8, 4) is 0 Å². The van der Waals surface area contributed by atoms with Gasteiger partial charge in [0.25, 0.3) is 0 Å². The molecule has 0 aromatic heterocycles. The molecule has 1 aliphatic rings. The molecular formula is C7H14ClNO4S2. The lowest BCUT2D eigenvalue weighted by Crippen LogP contribution is -2.43. The summed E-state index contributed by atoms with van der Waals surface area (Å²) in [6.45, 7) is 3.05. The van der Waals surface area contributed by atoms with E-state index in [-0.39, 0.29) is 11.5 Å². The lowest BCUT2D eigenvalue weighted by atomic mass is 10.3. The first-order chi connectivity index (χ1) is 6.64. The number of hydrogen-bond donors (Lipinski definition) is 1. The lowest BCUT2D eigenvalue weighted by Gasteiger charge is -2.16. The summed E-state index contributed by atoms with van der Waals surface area (Å²) >= 11 is 5.77. The van der Waals surface area contributed by atoms with Crippen LogP contribution in [-0.4, -0.2) is 45.0 Å². The standard InChI is InChI=1S/C7H14ClNO4S2/c1-5(2)15(12,13)9-7-4-14(10,11)3-6(7)8/h5-7,9H,3-4H2,1-2H3. The van der Waals surface area contributed by atoms with Crippen LogP contribution in [0.4, 0.5) is 0 Å². The minimum absolute atomic E-state index is 0.167. The van der Waals surface area contributed by atoms with Crippen LogP contribution in [0.5, 0.6) is 0 Å². The molecule has 0 spiro atoms. The smallest absolute Gasteiger partial charge is 0.214 e. The van der Waals surface area contributed by atoms with Gasteiger partial charge in [-0.2, -0.15) is 0 Å². The van der Waals surface area contributed by atoms with Gasteiger partial charge in [-0.25, -0.2) is 21.6 Å². The SMILES string of the molecule is CC(C)S(=O)(=O)NC1CS(=O)(=O)CC1Cl. The Hall–Kier alpha value is 0.150. The van der Waals surface area contributed by atoms with E-state index in [9.17, 15) is 16.8 Å². The van der Waals surface area contributed by atoms with Gasteiger partial charge in [-0.3, -0.25) is 0 Å². The molecule has 15 heavy (non-hydrogen) atoms. The molecule has 1 heterocycles. The zero-order chi connectivity index (χ0) is 11.9. The molecule has 0 saturated carbocycles. The van der Waals surface area contributed by atoms with Gasteiger partial charge in [0.15, 0.2) is 9.84 Å². The summed E-state index contributed by atoms with van der Waals surface area (Å²) in [6.07, 6.45) is 0. The summed E-state index contributed by atoms with van der Waals surface area (Å²) in [5.41, 5.74) is 0. The molecule has 1 aliphatic heterocycles. The number of sulfonamides is 1. The van der Waals surface area contributed by atoms with Crippen molar-refractivity contribution in [1.29, 1.82) is 0 Å². The lowest BCUT2D eigenvalue weighted by molar-refractivity contribution is 0.555. The first-order valence-corrected chi connectivity index (χ1v) is 8.30. The van der Waals surface area contributed by atoms with Crippen LogP contribution in [0.3, 0.4) is 0 Å². The summed E-state index contributed by atoms with van der Waals surface area (Å²) in [5.74, 6) is -0.382. The number of nitrogens with one attached hydrogen (secondary N) is 1. The van der Waals surface area contributed by atoms with Crippen molar-refractivity contribution in [1.82, 2.24) is 4.72 Å². The Morgan fingerprint density at radius 1 is 1.33 bits per heavy atom. The van der Waals surface area contributed by atoms with Crippen molar-refractivity contribution >= 4 is 31.5 Å². The van der Waals surface area contributed by atoms with Crippen LogP contribution in [0.15, 0.2) is 0 Å². The molecule has 0 aliphatic carbocycles. The average molecular weight is 276 g/mol. The fourth-order valence-corrected chi connectivity index (χ4v) is 4.93. The molecular weight excluding hydrogens is 262 g/mol. The molecule has 2 unspecified atom stereocenters. The highest BCUT2D eigenvalue weighted by Crippen LogP contribution is 2.19. The van der Waals surface area contributed by atoms with E-state index < -0.39 is 36.5 Å². The monoisotopic (exact) mass is 275 g/mol. The largest absolute Gasteiger partial charge is 0.229 e. The predicted molar refractivity (Wildman–Crippen MR) is 59.3 cm³/mol. The van der Waals surface area contributed by atoms with E-state index in [0.717, 1.165) is 0 Å². The topological polar surface area (TPSA) is 80.3 Å². The molecule has 0 amide bonds. The number of halogens is 1. The van der Waals surface area contributed by atoms with Crippen molar-refractivity contribution in [2.75, 3.05) is 11.5 Å². The van der Waals surface area contributed by atoms with E-state index in [1.807, 2.05) is 0 Å². The van der Waals surface area contributed by atoms with Crippen LogP contribution in [-0.2, 0) is 19.9 Å². The van der Waals surface area contributed by atoms with E-state index in [2.05, 4.69) is 4.72 Å². The van der Waals surface area contributed by atoms with Crippen molar-refractivity contribution < 1.29 is 16.8 Å². The zero-order valence-corrected chi connectivity index (χ0v) is 10.9. The molecule has 1 rings (SSSR count). The molecule has 0 aromatic rings. The van der Waals surface area contributed by atoms with E-state index in [0.29, 0.717) is 0 Å². The normalized spacial score (nSPS) is 30.9. The third-order valence-corrected chi connectivity index (χ3v) is 6.47. The van der Waals surface area contributed by atoms with Gasteiger partial charge in [0.1, 0.15) is 0 Å². The molecule has 0 bridgehead atoms. The summed E-state index contributed by atoms with van der Waals surface area (Å²) < 4.78 is 47.7. The first kappa shape index (κ1) is 13.2. The van der Waals surface area contributed by atoms with Gasteiger partial charge in [0.2, 0.25) is 10.0 Å². The Balaban J connectivity index is 2.78. The molecule has 2 atom stereocenters. The Morgan fingerprint density at radius 2 is 1.87 bits per heavy atom. The van der Waals surface area contributed by atoms with Crippen LogP contribution in [0.25, 0.3) is 0 Å². The maximum absolute atomic E-state index is 11.5. The Labute approximate surface area is 95.2 Å². The quantitative estimate of drug-likeness (QED) is 0.719. The third-order valence-electron chi connectivity index (χ3n) is 2.22. The van der Waals surface area contributed by atoms with E-state index in [1.165, 1.54) is 13.8 Å². The first-order valence-electron chi connectivity index (χ1n) is 4.50. The van der Waals surface area contributed by atoms with Gasteiger partial charge in [-0.15, -0.1) is 11.6 Å². The fourth-order valence-electron chi connectivity index (χ4n) is 1.26. The number of alkyl halides is 1. The highest BCUT2D eigenvalue weighted by molar-refractivity contribution is 7.92. The van der Waals surface area contributed by atoms with Crippen molar-refractivity contribution in [2.24, 2.45) is 0 Å². The molecule has 1 fully saturated rings. The van der Waals surface area contributed by atoms with Crippen LogP contribution in [0, 0.1) is 0 Å². The zero-order valence-electron chi connectivity index (χ0n) is 8.47. The molecule has 0 radical (unpaired) electrons. The summed E-state index contributed by atoms with van der Waals surface area (Å²) in [5, 5.41) is -1.27. The minimum Gasteiger partial charge on any atom is -0.229 e. The van der Waals surface area contributed by atoms with Gasteiger partial charge >= 0.3 is 0 Å². The van der Waals surface area contributed by atoms with Gasteiger partial charge in [0, 0.05) is 0 Å². The number of hydrogen-bond acceptors (Lipinski definition) is 4. The fraction of sp³-hybridized carbons (Fsp3) is 1.00. The van der Waals surface area contributed by atoms with Gasteiger partial charge in [-0.05, 0) is 13.8 Å². The maximum atomic E-state index is 11.5. The molecule has 1 saturated heterocycles. The van der Waals surface area contributed by atoms with Crippen LogP contribution in [0.2, 0.25) is 0 Å². The van der Waals surface area contributed by atoms with Crippen LogP contribution < -0.4 is 4.72 Å². The molecule has 0 aromatic carbocycles. The van der Waals surface area contributed by atoms with Crippen molar-refractivity contribution in [2.45, 2.75) is 30.5 Å². The molecule has 90 valence electrons. The third kappa shape index (κ3) is 3.30. The average Bonchev–Trinajstić information content (AvgIpc) is 2.23. The van der Waals surface area contributed by atoms with Gasteiger partial charge < -0.3 is 0 Å². The molecule has 1 N–H and O–H groups in total. The number of sulfone groups is 1. The predicted octanol–water partition coefficient (Wildman–Crippen LogP) is -0.281. The van der Waals surface area contributed by atoms with Gasteiger partial charge in [0.05, 0.1) is 28.2 Å². The van der Waals surface area contributed by atoms with E-state index >= 15 is 0 Å². The van der Waals surface area contributed by atoms with Crippen LogP contribution >= 0.6 is 11.6 Å². The van der Waals surface area contributed by atoms with E-state index in [4.69, 9.17) is 11.6 Å². The van der Waals surface area contributed by atoms with Gasteiger partial charge in [-0.1, -0.05) is 0 Å². The molecule has 8 heteroatoms. The van der Waals surface area contributed by atoms with Crippen LogP contribution in [0.1, 0.15) is 13.8 Å². The minimum atomic E-state index is -3.46. The van der Waals surface area contributed by atoms with Crippen molar-refractivity contribution in [3.05, 3.63) is 0 Å². The Morgan fingerprint density at radius 3 is 2.20 bits per heavy atom. The van der Waals surface area contributed by atoms with Crippen molar-refractivity contribution in [3.63, 3.8) is 0 Å². The second kappa shape index (κ2) is 4.20. The second-order valence-electron chi connectivity index (χ2n) is 3.91. The highest BCUT2D eigenvalue weighted by atomic mass is 35.5. The second-order valence-corrected chi connectivity index (χ2v) is 8.89. The summed E-state index contributed by atoms with van der Waals surface area (Å²) in [6, 6.07) is -0.705. The summed E-state index contributed by atoms with van der Waals surface area (Å²) in [4.78, 5) is 0. The highest BCUT2D eigenvalue weighted by Gasteiger charge is 2.39.